The zero-order chi connectivity index (χ0) is 55.2. The average Bonchev–Trinajstić information content (AvgIpc) is 1.69. The van der Waals surface area contributed by atoms with Crippen molar-refractivity contribution < 1.29 is 96.0 Å². The molecule has 3 rings (SSSR count). The number of aryl methyl sites for hydroxylation is 1. The molecule has 1 N–H and O–H groups in total. The first-order valence-corrected chi connectivity index (χ1v) is 21.5. The van der Waals surface area contributed by atoms with Crippen LogP contribution in [0.15, 0.2) is 34.0 Å². The van der Waals surface area contributed by atoms with Gasteiger partial charge in [0.15, 0.2) is 5.75 Å². The van der Waals surface area contributed by atoms with E-state index in [4.69, 9.17) is 36.5 Å². The average molecular weight is 1080 g/mol. The summed E-state index contributed by atoms with van der Waals surface area (Å²) in [5, 5.41) is 0. The van der Waals surface area contributed by atoms with Crippen LogP contribution >= 0.6 is 0 Å². The number of aromatic nitrogens is 2. The molecule has 2 aromatic rings. The zero-order valence-electron chi connectivity index (χ0n) is 40.4. The molecule has 1 aromatic carbocycles. The number of esters is 2. The van der Waals surface area contributed by atoms with Gasteiger partial charge in [-0.05, 0) is 120 Å². The van der Waals surface area contributed by atoms with Gasteiger partial charge in [-0.15, -0.1) is 12.8 Å². The number of carbonyl (C=O) groups is 2. The number of hydrogen-bond acceptors (Lipinski definition) is 9. The molecule has 1 aliphatic heterocycles. The summed E-state index contributed by atoms with van der Waals surface area (Å²) in [5.41, 5.74) is -0.483. The molecule has 1 aromatic heterocycles. The first-order chi connectivity index (χ1) is 37.7. The lowest BCUT2D eigenvalue weighted by Crippen LogP contribution is -2.33. The van der Waals surface area contributed by atoms with Gasteiger partial charge in [0.1, 0.15) is 36.9 Å². The summed E-state index contributed by atoms with van der Waals surface area (Å²) in [6, 6.07) is 4.51. The summed E-state index contributed by atoms with van der Waals surface area (Å²) < 4.78 is 29.3. The molecule has 2 heterocycles. The minimum atomic E-state index is -0.770. The molecule has 442 valence electrons. The van der Waals surface area contributed by atoms with Gasteiger partial charge >= 0.3 is 17.6 Å². The third-order valence-electron chi connectivity index (χ3n) is 8.11. The van der Waals surface area contributed by atoms with Crippen molar-refractivity contribution in [3.63, 3.8) is 0 Å². The maximum absolute atomic E-state index is 12.8. The van der Waals surface area contributed by atoms with Gasteiger partial charge < -0.3 is 23.7 Å². The largest absolute Gasteiger partial charge is 0.461 e. The summed E-state index contributed by atoms with van der Waals surface area (Å²) in [4.78, 5) is 52.1. The third kappa shape index (κ3) is 26.3. The fourth-order valence-electron chi connectivity index (χ4n) is 4.98. The van der Waals surface area contributed by atoms with Crippen molar-refractivity contribution in [3.8, 4) is 273 Å². The summed E-state index contributed by atoms with van der Waals surface area (Å²) >= 11 is 0. The Morgan fingerprint density at radius 3 is 1.43 bits per heavy atom. The molecule has 0 spiro atoms. The van der Waals surface area contributed by atoms with E-state index in [1.165, 1.54) is 22.9 Å². The molecule has 77 heavy (non-hydrogen) atoms. The number of benzene rings is 1. The summed E-state index contributed by atoms with van der Waals surface area (Å²) in [5.74, 6) is 97.0. The van der Waals surface area contributed by atoms with Crippen LogP contribution in [-0.4, -0.2) is 33.7 Å². The van der Waals surface area contributed by atoms with Crippen molar-refractivity contribution in [2.24, 2.45) is 0 Å². The molecule has 11 heteroatoms. The van der Waals surface area contributed by atoms with Gasteiger partial charge in [-0.3, -0.25) is 23.9 Å². The van der Waals surface area contributed by atoms with Crippen LogP contribution in [0.3, 0.4) is 0 Å². The topological polar surface area (TPSA) is 135 Å². The molecule has 3 unspecified atom stereocenters. The van der Waals surface area contributed by atoms with Gasteiger partial charge in [0.25, 0.3) is 5.56 Å². The molecule has 0 amide bonds. The quantitative estimate of drug-likeness (QED) is 0.182. The number of aromatic amines is 1. The van der Waals surface area contributed by atoms with E-state index in [-0.39, 0.29) is 100 Å². The molecule has 1 saturated heterocycles. The highest BCUT2D eigenvalue weighted by Gasteiger charge is 2.38. The predicted octanol–water partition coefficient (Wildman–Crippen LogP) is 12.8. The van der Waals surface area contributed by atoms with Gasteiger partial charge in [-0.2, -0.15) is 0 Å². The van der Waals surface area contributed by atoms with Gasteiger partial charge in [0.2, 0.25) is 0 Å². The standard InChI is InChI=1S/C66H26N2O9.44H2/c1-5-8-10-12-14-16-18-20-22-24-26-28-30-32-34-36-38-40-42-44-50-73-58-47-46-57(60(52-58)74-51-45-43-41-39-37-35-33-31-29-27-25-23-21-19-17-15-13-11-9-6-2)55-75-63(69)48-49-64(70)77-61-53-62(76-59(61)7-3)68-54-56(4)65(71)67-66(68)72;;;;;;;;;;;;;;;;;;;;;;;;;;;;;;;;;;;;;;;;;;;;/h1-2,46-47,52,54,59,61-62H,7,48-49,53,55H2,3-4H3,(H,67,71,72);44*1H. The zero-order valence-corrected chi connectivity index (χ0v) is 40.4. The van der Waals surface area contributed by atoms with Crippen molar-refractivity contribution in [2.45, 2.75) is 64.6 Å². The molecule has 1 fully saturated rings. The number of ether oxygens (including phenoxy) is 5. The molecule has 3 atom stereocenters. The van der Waals surface area contributed by atoms with E-state index in [0.717, 1.165) is 0 Å². The highest BCUT2D eigenvalue weighted by Crippen LogP contribution is 2.32. The number of H-pyrrole nitrogens is 1. The first kappa shape index (κ1) is 58.0. The predicted molar refractivity (Wildman–Crippen MR) is 378 cm³/mol. The van der Waals surface area contributed by atoms with E-state index in [1.54, 1.807) is 13.0 Å². The number of nitrogens with one attached hydrogen (secondary N) is 1. The first-order valence-electron chi connectivity index (χ1n) is 21.5. The van der Waals surface area contributed by atoms with Crippen LogP contribution in [0.2, 0.25) is 0 Å². The molecular formula is C66H114N2O9. The van der Waals surface area contributed by atoms with Crippen LogP contribution in [0.25, 0.3) is 0 Å². The Morgan fingerprint density at radius 2 is 1.00 bits per heavy atom. The van der Waals surface area contributed by atoms with E-state index in [1.807, 2.05) is 6.92 Å². The normalized spacial score (nSPS) is 10.9. The van der Waals surface area contributed by atoms with E-state index in [2.05, 4.69) is 254 Å². The Bertz CT molecular complexity index is 4420. The van der Waals surface area contributed by atoms with E-state index in [9.17, 15) is 19.2 Å². The molecule has 11 nitrogen and oxygen atoms in total. The number of rotatable bonds is 10. The number of carbonyl (C=O) groups excluding carboxylic acids is 2. The Balaban J connectivity index is -0.0000000355. The van der Waals surface area contributed by atoms with E-state index in [0.29, 0.717) is 17.5 Å². The van der Waals surface area contributed by atoms with Crippen LogP contribution in [0.5, 0.6) is 11.5 Å². The fourth-order valence-corrected chi connectivity index (χ4v) is 4.98. The van der Waals surface area contributed by atoms with Crippen molar-refractivity contribution in [1.29, 1.82) is 0 Å². The van der Waals surface area contributed by atoms with Crippen molar-refractivity contribution in [3.05, 3.63) is 56.4 Å². The Kier molecular flexibility index (Phi) is 28.3. The number of hydrogen-bond donors (Lipinski definition) is 1. The monoisotopic (exact) mass is 1080 g/mol. The van der Waals surface area contributed by atoms with E-state index < -0.39 is 41.6 Å². The third-order valence-corrected chi connectivity index (χ3v) is 8.11. The van der Waals surface area contributed by atoms with Crippen LogP contribution in [0.1, 0.15) is 113 Å². The highest BCUT2D eigenvalue weighted by molar-refractivity contribution is 5.77. The molecular weight excluding hydrogens is 965 g/mol. The second-order valence-corrected chi connectivity index (χ2v) is 13.2. The summed E-state index contributed by atoms with van der Waals surface area (Å²) in [7, 11) is 0. The van der Waals surface area contributed by atoms with Crippen LogP contribution in [0.4, 0.5) is 0 Å². The lowest BCUT2D eigenvalue weighted by molar-refractivity contribution is -0.156. The van der Waals surface area contributed by atoms with Crippen LogP contribution in [0, 0.1) is 269 Å². The molecule has 0 radical (unpaired) electrons. The second-order valence-electron chi connectivity index (χ2n) is 13.2. The Morgan fingerprint density at radius 1 is 0.597 bits per heavy atom. The lowest BCUT2D eigenvalue weighted by Gasteiger charge is -2.17. The second kappa shape index (κ2) is 37.6. The molecule has 0 aliphatic carbocycles. The van der Waals surface area contributed by atoms with Crippen molar-refractivity contribution in [2.75, 3.05) is 0 Å². The molecule has 0 saturated carbocycles. The van der Waals surface area contributed by atoms with Crippen molar-refractivity contribution >= 4 is 11.9 Å². The van der Waals surface area contributed by atoms with Crippen LogP contribution < -0.4 is 20.7 Å². The fraction of sp³-hybridized carbons (Fsp3) is 0.152. The maximum Gasteiger partial charge on any atom is 0.330 e. The highest BCUT2D eigenvalue weighted by atomic mass is 16.6. The number of nitrogens with zero attached hydrogens (tertiary/aromatic N) is 1. The maximum atomic E-state index is 12.8. The van der Waals surface area contributed by atoms with Crippen molar-refractivity contribution in [1.82, 2.24) is 9.55 Å². The smallest absolute Gasteiger partial charge is 0.330 e. The number of terminal acetylenes is 2. The summed E-state index contributed by atoms with van der Waals surface area (Å²) in [6.07, 6.45) is 14.2. The van der Waals surface area contributed by atoms with Gasteiger partial charge in [-0.25, -0.2) is 4.79 Å². The Labute approximate surface area is 512 Å². The van der Waals surface area contributed by atoms with Gasteiger partial charge in [-0.1, -0.05) is 6.92 Å². The van der Waals surface area contributed by atoms with Gasteiger partial charge in [0.05, 0.1) is 18.9 Å². The van der Waals surface area contributed by atoms with Crippen LogP contribution in [-0.2, 0) is 30.4 Å². The Hall–Kier alpha value is -13.3. The molecule has 1 aliphatic rings. The SMILES string of the molecule is C#CC#CC#CC#CC#CC#CC#CC#CC#CC#CC#COc1ccc(COC(=O)CCC(=O)OC2CC(n3cc(C)c(=O)[nH]c3=O)OC2CC)c(OC#CC#CC#CC#CC#CC#CC#CC#CC#CC#CC#C)c1.[HH].[HH].[HH].[HH].[HH].[HH].[HH].[HH].[HH].[HH].[HH].[HH].[HH].[HH].[HH].[HH].[HH].[HH].[HH].[HH].[HH].[HH].[HH].[HH].[HH].[HH].[HH].[HH].[HH].[HH].[HH].[HH].[HH].[HH].[HH].[HH].[HH].[HH].[HH].[HH].[HH].[HH].[HH].[HH]. The lowest BCUT2D eigenvalue weighted by atomic mass is 10.1. The minimum absolute atomic E-state index is 0. The van der Waals surface area contributed by atoms with E-state index >= 15 is 0 Å². The van der Waals surface area contributed by atoms with Gasteiger partial charge in [0, 0.05) is 235 Å². The molecule has 0 bridgehead atoms. The minimum Gasteiger partial charge on any atom is -0.461 e. The summed E-state index contributed by atoms with van der Waals surface area (Å²) in [6.45, 7) is 3.10.